The minimum atomic E-state index is -4.53. The van der Waals surface area contributed by atoms with Gasteiger partial charge in [-0.1, -0.05) is 54.1 Å². The molecule has 2 aliphatic heterocycles. The number of hydrogen-bond donors (Lipinski definition) is 2. The van der Waals surface area contributed by atoms with Gasteiger partial charge in [-0.15, -0.1) is 0 Å². The van der Waals surface area contributed by atoms with E-state index >= 15 is 0 Å². The number of likely N-dealkylation sites (N-methyl/N-ethyl adjacent to an activating group) is 1. The number of amides is 1. The Hall–Kier alpha value is -5.71. The Bertz CT molecular complexity index is 2460. The number of benzene rings is 5. The molecule has 0 aromatic heterocycles. The van der Waals surface area contributed by atoms with Crippen LogP contribution in [0.5, 0.6) is 17.2 Å². The number of nitro groups is 1. The van der Waals surface area contributed by atoms with Gasteiger partial charge in [-0.25, -0.2) is 13.1 Å². The van der Waals surface area contributed by atoms with Gasteiger partial charge in [0.05, 0.1) is 15.4 Å². The molecule has 14 nitrogen and oxygen atoms in total. The van der Waals surface area contributed by atoms with Crippen molar-refractivity contribution in [2.45, 2.75) is 30.7 Å². The predicted octanol–water partition coefficient (Wildman–Crippen LogP) is 7.99. The molecule has 2 N–H and O–H groups in total. The van der Waals surface area contributed by atoms with Gasteiger partial charge in [0.15, 0.2) is 0 Å². The number of carbonyl (C=O) groups is 1. The van der Waals surface area contributed by atoms with Crippen molar-refractivity contribution < 1.29 is 27.6 Å². The van der Waals surface area contributed by atoms with Crippen molar-refractivity contribution in [1.29, 1.82) is 0 Å². The number of halogens is 1. The Labute approximate surface area is 374 Å². The summed E-state index contributed by atoms with van der Waals surface area (Å²) in [6.07, 6.45) is 3.14. The Morgan fingerprint density at radius 1 is 0.841 bits per heavy atom. The lowest BCUT2D eigenvalue weighted by Crippen LogP contribution is -2.46. The van der Waals surface area contributed by atoms with Crippen LogP contribution in [0.1, 0.15) is 35.2 Å². The van der Waals surface area contributed by atoms with Gasteiger partial charge in [0.25, 0.3) is 21.6 Å². The highest BCUT2D eigenvalue weighted by Gasteiger charge is 2.27. The van der Waals surface area contributed by atoms with E-state index in [0.29, 0.717) is 43.6 Å². The molecular formula is C47H54ClN7O7S. The summed E-state index contributed by atoms with van der Waals surface area (Å²) < 4.78 is 41.9. The molecule has 2 saturated heterocycles. The molecule has 0 radical (unpaired) electrons. The average Bonchev–Trinajstić information content (AvgIpc) is 3.80. The van der Waals surface area contributed by atoms with Gasteiger partial charge in [0.1, 0.15) is 29.5 Å². The van der Waals surface area contributed by atoms with Crippen molar-refractivity contribution in [2.75, 3.05) is 89.8 Å². The van der Waals surface area contributed by atoms with Crippen LogP contribution in [-0.2, 0) is 16.6 Å². The van der Waals surface area contributed by atoms with E-state index in [4.69, 9.17) is 21.1 Å². The first kappa shape index (κ1) is 45.3. The van der Waals surface area contributed by atoms with Gasteiger partial charge in [-0.2, -0.15) is 0 Å². The molecule has 0 saturated carbocycles. The van der Waals surface area contributed by atoms with Crippen LogP contribution < -0.4 is 24.4 Å². The molecule has 0 bridgehead atoms. The van der Waals surface area contributed by atoms with E-state index in [1.807, 2.05) is 56.6 Å². The van der Waals surface area contributed by atoms with E-state index in [9.17, 15) is 23.3 Å². The first-order chi connectivity index (χ1) is 30.4. The second kappa shape index (κ2) is 21.1. The van der Waals surface area contributed by atoms with Gasteiger partial charge in [-0.05, 0) is 119 Å². The molecule has 7 rings (SSSR count). The second-order valence-electron chi connectivity index (χ2n) is 16.0. The zero-order chi connectivity index (χ0) is 44.3. The number of anilines is 2. The van der Waals surface area contributed by atoms with Crippen molar-refractivity contribution >= 4 is 44.6 Å². The third-order valence-corrected chi connectivity index (χ3v) is 12.8. The quantitative estimate of drug-likeness (QED) is 0.0470. The molecular weight excluding hydrogens is 842 g/mol. The van der Waals surface area contributed by atoms with E-state index in [1.165, 1.54) is 25.0 Å². The lowest BCUT2D eigenvalue weighted by molar-refractivity contribution is -0.384. The monoisotopic (exact) mass is 895 g/mol. The van der Waals surface area contributed by atoms with Crippen LogP contribution in [0.2, 0.25) is 5.02 Å². The highest BCUT2D eigenvalue weighted by atomic mass is 35.5. The van der Waals surface area contributed by atoms with E-state index < -0.39 is 31.4 Å². The normalized spacial score (nSPS) is 14.8. The molecule has 5 aromatic carbocycles. The van der Waals surface area contributed by atoms with Crippen LogP contribution in [0.3, 0.4) is 0 Å². The standard InChI is InChI=1S/C47H54ClN7O7S/c1-51(2)30-31-61-45-13-8-12-40(35-14-16-36(48)17-15-35)42(45)34-53-26-28-54(29-27-53)37-18-20-41(46(32-37)62-38-10-4-3-5-11-38)47(56)50-63(59,60)39-19-21-43(44(33-39)55(57)58)49-22-9-25-52-23-6-7-24-52/h3-5,8,10-21,32-33,49H,6-7,9,22-31,34H2,1-2H3,(H,50,56). The van der Waals surface area contributed by atoms with Gasteiger partial charge in [0, 0.05) is 74.2 Å². The molecule has 0 aliphatic carbocycles. The van der Waals surface area contributed by atoms with Crippen LogP contribution in [0.25, 0.3) is 11.1 Å². The number of carbonyl (C=O) groups excluding carboxylic acids is 1. The molecule has 0 unspecified atom stereocenters. The summed E-state index contributed by atoms with van der Waals surface area (Å²) >= 11 is 6.24. The molecule has 2 heterocycles. The fourth-order valence-corrected chi connectivity index (χ4v) is 8.94. The fraction of sp³-hybridized carbons (Fsp3) is 0.340. The number of sulfonamides is 1. The first-order valence-electron chi connectivity index (χ1n) is 21.2. The molecule has 5 aromatic rings. The Morgan fingerprint density at radius 3 is 2.30 bits per heavy atom. The smallest absolute Gasteiger partial charge is 0.293 e. The number of nitrogens with zero attached hydrogens (tertiary/aromatic N) is 5. The third kappa shape index (κ3) is 12.1. The summed E-state index contributed by atoms with van der Waals surface area (Å²) in [5.74, 6) is 0.520. The Balaban J connectivity index is 1.06. The fourth-order valence-electron chi connectivity index (χ4n) is 7.83. The number of likely N-dealkylation sites (tertiary alicyclic amines) is 1. The minimum absolute atomic E-state index is 0.0174. The summed E-state index contributed by atoms with van der Waals surface area (Å²) in [5.41, 5.74) is 3.83. The molecule has 2 fully saturated rings. The Morgan fingerprint density at radius 2 is 1.59 bits per heavy atom. The molecule has 0 atom stereocenters. The van der Waals surface area contributed by atoms with Crippen molar-refractivity contribution in [2.24, 2.45) is 0 Å². The lowest BCUT2D eigenvalue weighted by Gasteiger charge is -2.37. The molecule has 16 heteroatoms. The van der Waals surface area contributed by atoms with Gasteiger partial charge >= 0.3 is 0 Å². The van der Waals surface area contributed by atoms with E-state index in [-0.39, 0.29) is 17.0 Å². The number of rotatable bonds is 19. The van der Waals surface area contributed by atoms with Crippen LogP contribution in [0.4, 0.5) is 17.1 Å². The number of nitro benzene ring substituents is 1. The summed E-state index contributed by atoms with van der Waals surface area (Å²) in [7, 11) is -0.493. The van der Waals surface area contributed by atoms with Crippen molar-refractivity contribution in [3.8, 4) is 28.4 Å². The van der Waals surface area contributed by atoms with Crippen molar-refractivity contribution in [1.82, 2.24) is 19.4 Å². The molecule has 63 heavy (non-hydrogen) atoms. The zero-order valence-electron chi connectivity index (χ0n) is 35.7. The number of nitrogens with one attached hydrogen (secondary N) is 2. The van der Waals surface area contributed by atoms with E-state index in [0.717, 1.165) is 79.9 Å². The highest BCUT2D eigenvalue weighted by molar-refractivity contribution is 7.90. The van der Waals surface area contributed by atoms with Crippen LogP contribution in [0.15, 0.2) is 114 Å². The van der Waals surface area contributed by atoms with Crippen LogP contribution >= 0.6 is 11.6 Å². The maximum absolute atomic E-state index is 13.8. The molecule has 0 spiro atoms. The number of para-hydroxylation sites is 1. The van der Waals surface area contributed by atoms with Crippen molar-refractivity contribution in [3.63, 3.8) is 0 Å². The average molecular weight is 897 g/mol. The summed E-state index contributed by atoms with van der Waals surface area (Å²) in [6, 6.07) is 31.6. The first-order valence-corrected chi connectivity index (χ1v) is 23.1. The van der Waals surface area contributed by atoms with E-state index in [2.05, 4.69) is 35.7 Å². The van der Waals surface area contributed by atoms with Gasteiger partial charge in [0.2, 0.25) is 0 Å². The summed E-state index contributed by atoms with van der Waals surface area (Å²) in [4.78, 5) is 33.9. The summed E-state index contributed by atoms with van der Waals surface area (Å²) in [6.45, 7) is 8.30. The van der Waals surface area contributed by atoms with Crippen LogP contribution in [-0.4, -0.2) is 114 Å². The molecule has 1 amide bonds. The second-order valence-corrected chi connectivity index (χ2v) is 18.1. The number of ether oxygens (including phenoxy) is 2. The maximum atomic E-state index is 13.8. The summed E-state index contributed by atoms with van der Waals surface area (Å²) in [5, 5.41) is 15.8. The number of hydrogen-bond acceptors (Lipinski definition) is 12. The highest BCUT2D eigenvalue weighted by Crippen LogP contribution is 2.35. The SMILES string of the molecule is CN(C)CCOc1cccc(-c2ccc(Cl)cc2)c1CN1CCN(c2ccc(C(=O)NS(=O)(=O)c3ccc(NCCCN4CCCC4)c([N+](=O)[O-])c3)c(Oc3ccccc3)c2)CC1. The number of piperazine rings is 1. The van der Waals surface area contributed by atoms with Crippen LogP contribution in [0, 0.1) is 10.1 Å². The predicted molar refractivity (Wildman–Crippen MR) is 248 cm³/mol. The lowest BCUT2D eigenvalue weighted by atomic mass is 9.98. The molecule has 332 valence electrons. The topological polar surface area (TPSA) is 150 Å². The van der Waals surface area contributed by atoms with Gasteiger partial charge in [-0.3, -0.25) is 19.8 Å². The zero-order valence-corrected chi connectivity index (χ0v) is 37.2. The Kier molecular flexibility index (Phi) is 15.2. The third-order valence-electron chi connectivity index (χ3n) is 11.3. The maximum Gasteiger partial charge on any atom is 0.293 e. The van der Waals surface area contributed by atoms with E-state index in [1.54, 1.807) is 42.5 Å². The minimum Gasteiger partial charge on any atom is -0.492 e. The largest absolute Gasteiger partial charge is 0.492 e. The molecule has 2 aliphatic rings. The van der Waals surface area contributed by atoms with Crippen molar-refractivity contribution in [3.05, 3.63) is 135 Å². The van der Waals surface area contributed by atoms with Gasteiger partial charge < -0.3 is 29.5 Å².